The number of para-hydroxylation sites is 7. The molecule has 9 aromatic carbocycles. The van der Waals surface area contributed by atoms with Crippen LogP contribution in [-0.4, -0.2) is 13.7 Å². The number of nitrogens with zero attached hydrogens (tertiary/aromatic N) is 3. The average molecular weight is 752 g/mol. The van der Waals surface area contributed by atoms with Gasteiger partial charge in [-0.1, -0.05) is 127 Å². The van der Waals surface area contributed by atoms with Crippen LogP contribution in [0.1, 0.15) is 22.3 Å². The van der Waals surface area contributed by atoms with E-state index in [-0.39, 0.29) is 0 Å². The lowest BCUT2D eigenvalue weighted by atomic mass is 9.61. The van der Waals surface area contributed by atoms with Crippen LogP contribution in [0.3, 0.4) is 0 Å². The number of benzene rings is 9. The lowest BCUT2D eigenvalue weighted by Crippen LogP contribution is -2.37. The SMILES string of the molecule is c1ccc(-n2c3ccccc3c3cc(-n4c5ccccc5c5cc6c(cc54)C4(c5ccccc5O6)c5ccccc5-n5c6ccccc6c6cccc4c65)ccc32)cc1. The molecule has 0 saturated carbocycles. The van der Waals surface area contributed by atoms with Crippen molar-refractivity contribution < 1.29 is 4.74 Å². The van der Waals surface area contributed by atoms with Crippen LogP contribution in [0.4, 0.5) is 0 Å². The van der Waals surface area contributed by atoms with Gasteiger partial charge in [0.05, 0.1) is 44.2 Å². The number of aromatic nitrogens is 3. The third-order valence-corrected chi connectivity index (χ3v) is 13.3. The van der Waals surface area contributed by atoms with E-state index in [9.17, 15) is 0 Å². The van der Waals surface area contributed by atoms with E-state index >= 15 is 0 Å². The summed E-state index contributed by atoms with van der Waals surface area (Å²) in [6.45, 7) is 0. The highest BCUT2D eigenvalue weighted by Gasteiger charge is 2.50. The molecule has 0 aliphatic carbocycles. The summed E-state index contributed by atoms with van der Waals surface area (Å²) in [5.74, 6) is 1.77. The molecule has 1 spiro atoms. The van der Waals surface area contributed by atoms with E-state index < -0.39 is 5.41 Å². The topological polar surface area (TPSA) is 24.0 Å². The Kier molecular flexibility index (Phi) is 5.93. The molecule has 2 aliphatic rings. The standard InChI is InChI=1S/C55H33N3O/c1-2-15-34(16-3-1)56-46-24-9-5-18-37(46)40-31-35(29-30-49(40)56)57-47-25-10-6-19-38(47)41-32-53-45(33-51(41)57)55(43-22-8-13-28-52(43)59-53)42-21-7-12-27-50(42)58-48-26-11-4-17-36(48)39-20-14-23-44(55)54(39)58/h1-33H. The lowest BCUT2D eigenvalue weighted by molar-refractivity contribution is 0.435. The minimum absolute atomic E-state index is 0.660. The zero-order valence-corrected chi connectivity index (χ0v) is 31.8. The highest BCUT2D eigenvalue weighted by molar-refractivity contribution is 6.15. The van der Waals surface area contributed by atoms with Gasteiger partial charge in [-0.15, -0.1) is 0 Å². The third kappa shape index (κ3) is 3.84. The molecule has 0 fully saturated rings. The summed E-state index contributed by atoms with van der Waals surface area (Å²) in [6.07, 6.45) is 0. The zero-order chi connectivity index (χ0) is 38.4. The van der Waals surface area contributed by atoms with Crippen LogP contribution in [0.2, 0.25) is 0 Å². The molecule has 5 heterocycles. The minimum atomic E-state index is -0.660. The molecule has 59 heavy (non-hydrogen) atoms. The predicted octanol–water partition coefficient (Wildman–Crippen LogP) is 13.8. The second kappa shape index (κ2) is 11.2. The average Bonchev–Trinajstić information content (AvgIpc) is 3.93. The summed E-state index contributed by atoms with van der Waals surface area (Å²) in [4.78, 5) is 0. The fourth-order valence-electron chi connectivity index (χ4n) is 11.0. The van der Waals surface area contributed by atoms with Crippen molar-refractivity contribution in [2.24, 2.45) is 0 Å². The van der Waals surface area contributed by atoms with Crippen molar-refractivity contribution >= 4 is 65.4 Å². The fraction of sp³-hybridized carbons (Fsp3) is 0.0182. The number of hydrogen-bond donors (Lipinski definition) is 0. The normalized spacial score (nSPS) is 15.3. The van der Waals surface area contributed by atoms with Crippen molar-refractivity contribution in [1.82, 2.24) is 13.7 Å². The van der Waals surface area contributed by atoms with Gasteiger partial charge in [-0.3, -0.25) is 0 Å². The highest BCUT2D eigenvalue weighted by atomic mass is 16.5. The molecule has 0 saturated heterocycles. The van der Waals surface area contributed by atoms with Crippen molar-refractivity contribution in [3.63, 3.8) is 0 Å². The Bertz CT molecular complexity index is 3770. The van der Waals surface area contributed by atoms with Gasteiger partial charge in [0.1, 0.15) is 11.5 Å². The van der Waals surface area contributed by atoms with Gasteiger partial charge in [-0.25, -0.2) is 0 Å². The van der Waals surface area contributed by atoms with Gasteiger partial charge in [0.2, 0.25) is 0 Å². The van der Waals surface area contributed by atoms with Gasteiger partial charge in [-0.2, -0.15) is 0 Å². The van der Waals surface area contributed by atoms with Crippen LogP contribution in [-0.2, 0) is 5.41 Å². The van der Waals surface area contributed by atoms with Crippen LogP contribution < -0.4 is 4.74 Å². The Hall–Kier alpha value is -7.82. The smallest absolute Gasteiger partial charge is 0.133 e. The van der Waals surface area contributed by atoms with E-state index in [1.54, 1.807) is 0 Å². The molecule has 0 N–H and O–H groups in total. The molecule has 0 bridgehead atoms. The maximum absolute atomic E-state index is 7.07. The first-order chi connectivity index (χ1) is 29.3. The quantitative estimate of drug-likeness (QED) is 0.173. The first-order valence-corrected chi connectivity index (χ1v) is 20.4. The Balaban J connectivity index is 1.12. The van der Waals surface area contributed by atoms with Crippen molar-refractivity contribution in [3.8, 4) is 28.6 Å². The van der Waals surface area contributed by atoms with Gasteiger partial charge in [0.15, 0.2) is 0 Å². The van der Waals surface area contributed by atoms with Crippen LogP contribution in [0.25, 0.3) is 82.5 Å². The Morgan fingerprint density at radius 1 is 0.305 bits per heavy atom. The van der Waals surface area contributed by atoms with E-state index in [4.69, 9.17) is 4.74 Å². The van der Waals surface area contributed by atoms with Crippen LogP contribution >= 0.6 is 0 Å². The molecule has 0 amide bonds. The Morgan fingerprint density at radius 3 is 1.64 bits per heavy atom. The van der Waals surface area contributed by atoms with Crippen molar-refractivity contribution in [2.45, 2.75) is 5.41 Å². The van der Waals surface area contributed by atoms with Gasteiger partial charge < -0.3 is 18.4 Å². The summed E-state index contributed by atoms with van der Waals surface area (Å²) < 4.78 is 14.4. The van der Waals surface area contributed by atoms with Crippen molar-refractivity contribution in [1.29, 1.82) is 0 Å². The van der Waals surface area contributed by atoms with Crippen LogP contribution in [0.5, 0.6) is 11.5 Å². The summed E-state index contributed by atoms with van der Waals surface area (Å²) in [7, 11) is 0. The highest BCUT2D eigenvalue weighted by Crippen LogP contribution is 2.61. The van der Waals surface area contributed by atoms with Crippen molar-refractivity contribution in [2.75, 3.05) is 0 Å². The molecule has 12 aromatic rings. The molecule has 1 atom stereocenters. The first kappa shape index (κ1) is 31.3. The minimum Gasteiger partial charge on any atom is -0.457 e. The molecule has 274 valence electrons. The third-order valence-electron chi connectivity index (χ3n) is 13.3. The lowest BCUT2D eigenvalue weighted by Gasteiger charge is -2.45. The Morgan fingerprint density at radius 2 is 0.864 bits per heavy atom. The van der Waals surface area contributed by atoms with Gasteiger partial charge in [-0.05, 0) is 83.9 Å². The van der Waals surface area contributed by atoms with E-state index in [2.05, 4.69) is 214 Å². The number of fused-ring (bicyclic) bond motifs is 17. The summed E-state index contributed by atoms with van der Waals surface area (Å²) in [6, 6.07) is 73.4. The monoisotopic (exact) mass is 751 g/mol. The zero-order valence-electron chi connectivity index (χ0n) is 31.8. The molecule has 1 unspecified atom stereocenters. The summed E-state index contributed by atoms with van der Waals surface area (Å²) in [5, 5.41) is 7.34. The summed E-state index contributed by atoms with van der Waals surface area (Å²) >= 11 is 0. The molecular weight excluding hydrogens is 719 g/mol. The van der Waals surface area contributed by atoms with Crippen LogP contribution in [0, 0.1) is 0 Å². The molecule has 4 nitrogen and oxygen atoms in total. The van der Waals surface area contributed by atoms with Gasteiger partial charge >= 0.3 is 0 Å². The second-order valence-corrected chi connectivity index (χ2v) is 16.0. The Labute approximate surface area is 339 Å². The van der Waals surface area contributed by atoms with Gasteiger partial charge in [0.25, 0.3) is 0 Å². The molecular formula is C55H33N3O. The largest absolute Gasteiger partial charge is 0.457 e. The number of ether oxygens (including phenoxy) is 1. The fourth-order valence-corrected chi connectivity index (χ4v) is 11.0. The maximum Gasteiger partial charge on any atom is 0.133 e. The predicted molar refractivity (Wildman–Crippen MR) is 241 cm³/mol. The number of rotatable bonds is 2. The van der Waals surface area contributed by atoms with E-state index in [1.165, 1.54) is 65.8 Å². The van der Waals surface area contributed by atoms with Crippen LogP contribution in [0.15, 0.2) is 200 Å². The molecule has 14 rings (SSSR count). The van der Waals surface area contributed by atoms with E-state index in [1.807, 2.05) is 0 Å². The maximum atomic E-state index is 7.07. The summed E-state index contributed by atoms with van der Waals surface area (Å²) in [5.41, 5.74) is 14.8. The molecule has 2 aliphatic heterocycles. The van der Waals surface area contributed by atoms with E-state index in [0.29, 0.717) is 0 Å². The molecule has 0 radical (unpaired) electrons. The molecule has 3 aromatic heterocycles. The van der Waals surface area contributed by atoms with Gasteiger partial charge in [0, 0.05) is 54.8 Å². The first-order valence-electron chi connectivity index (χ1n) is 20.4. The van der Waals surface area contributed by atoms with E-state index in [0.717, 1.165) is 50.4 Å². The van der Waals surface area contributed by atoms with Crippen molar-refractivity contribution in [3.05, 3.63) is 222 Å². The second-order valence-electron chi connectivity index (χ2n) is 16.0. The molecule has 4 heteroatoms. The number of hydrogen-bond acceptors (Lipinski definition) is 1.